The first-order valence-corrected chi connectivity index (χ1v) is 11.2. The van der Waals surface area contributed by atoms with Crippen LogP contribution in [0.2, 0.25) is 0 Å². The van der Waals surface area contributed by atoms with Gasteiger partial charge in [-0.3, -0.25) is 9.36 Å². The van der Waals surface area contributed by atoms with Crippen molar-refractivity contribution >= 4 is 17.5 Å². The summed E-state index contributed by atoms with van der Waals surface area (Å²) in [5, 5.41) is 8.77. The quantitative estimate of drug-likeness (QED) is 0.246. The molecule has 0 aliphatic heterocycles. The molecule has 0 aliphatic carbocycles. The van der Waals surface area contributed by atoms with Crippen molar-refractivity contribution in [1.82, 2.24) is 14.8 Å². The van der Waals surface area contributed by atoms with Gasteiger partial charge in [0.15, 0.2) is 16.8 Å². The molecule has 6 nitrogen and oxygen atoms in total. The molecule has 1 heterocycles. The Balaban J connectivity index is 1.56. The fourth-order valence-corrected chi connectivity index (χ4v) is 4.15. The van der Waals surface area contributed by atoms with E-state index in [9.17, 15) is 9.18 Å². The van der Waals surface area contributed by atoms with Crippen LogP contribution >= 0.6 is 11.8 Å². The van der Waals surface area contributed by atoms with Gasteiger partial charge in [-0.2, -0.15) is 0 Å². The van der Waals surface area contributed by atoms with Crippen molar-refractivity contribution in [2.75, 3.05) is 7.11 Å². The number of benzene rings is 3. The smallest absolute Gasteiger partial charge is 0.196 e. The number of halogens is 1. The Labute approximate surface area is 195 Å². The summed E-state index contributed by atoms with van der Waals surface area (Å²) in [6, 6.07) is 22.5. The summed E-state index contributed by atoms with van der Waals surface area (Å²) in [5.41, 5.74) is 1.31. The van der Waals surface area contributed by atoms with Crippen molar-refractivity contribution in [3.05, 3.63) is 96.1 Å². The maximum atomic E-state index is 13.2. The van der Waals surface area contributed by atoms with E-state index in [0.717, 1.165) is 11.4 Å². The monoisotopic (exact) mass is 463 g/mol. The maximum absolute atomic E-state index is 13.2. The third kappa shape index (κ3) is 5.40. The van der Waals surface area contributed by atoms with Crippen LogP contribution < -0.4 is 9.47 Å². The molecule has 168 valence electrons. The van der Waals surface area contributed by atoms with Crippen molar-refractivity contribution in [2.24, 2.45) is 0 Å². The van der Waals surface area contributed by atoms with Crippen LogP contribution in [0.25, 0.3) is 5.69 Å². The number of nitrogens with zero attached hydrogens (tertiary/aromatic N) is 3. The number of Topliss-reactive ketones (excluding diaryl/α,β-unsaturated/α-hetero) is 1. The van der Waals surface area contributed by atoms with Gasteiger partial charge < -0.3 is 9.47 Å². The molecular formula is C25H22FN3O3S. The SMILES string of the molecule is COc1ccc(OCc2nnc(SC(C)C(=O)c3ccc(F)cc3)n2-c2ccccc2)cc1. The highest BCUT2D eigenvalue weighted by Gasteiger charge is 2.22. The lowest BCUT2D eigenvalue weighted by atomic mass is 10.1. The Kier molecular flexibility index (Phi) is 7.04. The van der Waals surface area contributed by atoms with E-state index < -0.39 is 5.25 Å². The number of hydrogen-bond donors (Lipinski definition) is 0. The van der Waals surface area contributed by atoms with E-state index in [-0.39, 0.29) is 18.2 Å². The van der Waals surface area contributed by atoms with E-state index in [1.165, 1.54) is 36.0 Å². The molecule has 3 aromatic carbocycles. The fourth-order valence-electron chi connectivity index (χ4n) is 3.19. The summed E-state index contributed by atoms with van der Waals surface area (Å²) >= 11 is 1.29. The van der Waals surface area contributed by atoms with Crippen molar-refractivity contribution in [3.8, 4) is 17.2 Å². The van der Waals surface area contributed by atoms with Crippen LogP contribution in [0, 0.1) is 5.82 Å². The summed E-state index contributed by atoms with van der Waals surface area (Å²) in [6.45, 7) is 1.99. The number of para-hydroxylation sites is 1. The molecule has 0 bridgehead atoms. The van der Waals surface area contributed by atoms with Crippen LogP contribution in [0.15, 0.2) is 84.0 Å². The van der Waals surface area contributed by atoms with Crippen LogP contribution in [0.5, 0.6) is 11.5 Å². The van der Waals surface area contributed by atoms with Crippen LogP contribution in [0.3, 0.4) is 0 Å². The molecule has 0 N–H and O–H groups in total. The highest BCUT2D eigenvalue weighted by atomic mass is 32.2. The predicted molar refractivity (Wildman–Crippen MR) is 125 cm³/mol. The standard InChI is InChI=1S/C25H22FN3O3S/c1-17(24(30)18-8-10-19(26)11-9-18)33-25-28-27-23(29(25)20-6-4-3-5-7-20)16-32-22-14-12-21(31-2)13-15-22/h3-15,17H,16H2,1-2H3. The van der Waals surface area contributed by atoms with Gasteiger partial charge >= 0.3 is 0 Å². The van der Waals surface area contributed by atoms with Crippen LogP contribution in [-0.2, 0) is 6.61 Å². The van der Waals surface area contributed by atoms with Gasteiger partial charge in [0.1, 0.15) is 23.9 Å². The highest BCUT2D eigenvalue weighted by Crippen LogP contribution is 2.28. The third-order valence-electron chi connectivity index (χ3n) is 4.92. The molecule has 4 aromatic rings. The Hall–Kier alpha value is -3.65. The van der Waals surface area contributed by atoms with Crippen LogP contribution in [0.1, 0.15) is 23.1 Å². The van der Waals surface area contributed by atoms with Gasteiger partial charge in [0.05, 0.1) is 12.4 Å². The van der Waals surface area contributed by atoms with Crippen molar-refractivity contribution in [1.29, 1.82) is 0 Å². The molecule has 0 saturated heterocycles. The normalized spacial score (nSPS) is 11.7. The minimum atomic E-state index is -0.447. The molecule has 0 spiro atoms. The van der Waals surface area contributed by atoms with Crippen molar-refractivity contribution in [3.63, 3.8) is 0 Å². The van der Waals surface area contributed by atoms with E-state index >= 15 is 0 Å². The molecule has 1 unspecified atom stereocenters. The van der Waals surface area contributed by atoms with Crippen LogP contribution in [-0.4, -0.2) is 32.9 Å². The predicted octanol–water partition coefficient (Wildman–Crippen LogP) is 5.36. The summed E-state index contributed by atoms with van der Waals surface area (Å²) in [7, 11) is 1.61. The number of thioether (sulfide) groups is 1. The molecule has 33 heavy (non-hydrogen) atoms. The number of hydrogen-bond acceptors (Lipinski definition) is 6. The highest BCUT2D eigenvalue weighted by molar-refractivity contribution is 8.00. The van der Waals surface area contributed by atoms with Gasteiger partial charge in [0.2, 0.25) is 0 Å². The molecule has 8 heteroatoms. The molecule has 0 radical (unpaired) electrons. The zero-order chi connectivity index (χ0) is 23.2. The Morgan fingerprint density at radius 1 is 0.970 bits per heavy atom. The largest absolute Gasteiger partial charge is 0.497 e. The molecule has 1 atom stereocenters. The van der Waals surface area contributed by atoms with E-state index in [4.69, 9.17) is 9.47 Å². The molecule has 0 saturated carbocycles. The summed E-state index contributed by atoms with van der Waals surface area (Å²) < 4.78 is 26.2. The van der Waals surface area contributed by atoms with E-state index in [1.54, 1.807) is 14.0 Å². The number of carbonyl (C=O) groups is 1. The molecule has 1 aromatic heterocycles. The second-order valence-electron chi connectivity index (χ2n) is 7.17. The van der Waals surface area contributed by atoms with Crippen molar-refractivity contribution < 1.29 is 18.7 Å². The van der Waals surface area contributed by atoms with Gasteiger partial charge in [-0.05, 0) is 67.6 Å². The molecule has 4 rings (SSSR count). The van der Waals surface area contributed by atoms with Gasteiger partial charge in [-0.1, -0.05) is 30.0 Å². The van der Waals surface area contributed by atoms with E-state index in [1.807, 2.05) is 59.2 Å². The number of aromatic nitrogens is 3. The molecular weight excluding hydrogens is 441 g/mol. The second kappa shape index (κ2) is 10.3. The third-order valence-corrected chi connectivity index (χ3v) is 5.96. The second-order valence-corrected chi connectivity index (χ2v) is 8.47. The zero-order valence-corrected chi connectivity index (χ0v) is 19.0. The average molecular weight is 464 g/mol. The molecule has 0 amide bonds. The fraction of sp³-hybridized carbons (Fsp3) is 0.160. The Bertz CT molecular complexity index is 1210. The first-order chi connectivity index (χ1) is 16.0. The van der Waals surface area contributed by atoms with E-state index in [2.05, 4.69) is 10.2 Å². The lowest BCUT2D eigenvalue weighted by Gasteiger charge is -2.14. The molecule has 0 fully saturated rings. The first-order valence-electron chi connectivity index (χ1n) is 10.3. The number of carbonyl (C=O) groups excluding carboxylic acids is 1. The number of methoxy groups -OCH3 is 1. The Morgan fingerprint density at radius 2 is 1.64 bits per heavy atom. The molecule has 0 aliphatic rings. The van der Waals surface area contributed by atoms with Gasteiger partial charge in [0.25, 0.3) is 0 Å². The van der Waals surface area contributed by atoms with Gasteiger partial charge in [-0.25, -0.2) is 4.39 Å². The summed E-state index contributed by atoms with van der Waals surface area (Å²) in [4.78, 5) is 12.8. The summed E-state index contributed by atoms with van der Waals surface area (Å²) in [5.74, 6) is 1.53. The average Bonchev–Trinajstić information content (AvgIpc) is 3.25. The first kappa shape index (κ1) is 22.5. The minimum Gasteiger partial charge on any atom is -0.497 e. The van der Waals surface area contributed by atoms with E-state index in [0.29, 0.717) is 22.3 Å². The maximum Gasteiger partial charge on any atom is 0.196 e. The Morgan fingerprint density at radius 3 is 2.30 bits per heavy atom. The topological polar surface area (TPSA) is 66.2 Å². The number of ether oxygens (including phenoxy) is 2. The zero-order valence-electron chi connectivity index (χ0n) is 18.1. The lowest BCUT2D eigenvalue weighted by molar-refractivity contribution is 0.0994. The van der Waals surface area contributed by atoms with Crippen LogP contribution in [0.4, 0.5) is 4.39 Å². The number of ketones is 1. The lowest BCUT2D eigenvalue weighted by Crippen LogP contribution is -2.15. The van der Waals surface area contributed by atoms with Gasteiger partial charge in [-0.15, -0.1) is 10.2 Å². The van der Waals surface area contributed by atoms with Gasteiger partial charge in [0, 0.05) is 11.3 Å². The summed E-state index contributed by atoms with van der Waals surface area (Å²) in [6.07, 6.45) is 0. The van der Waals surface area contributed by atoms with Crippen molar-refractivity contribution in [2.45, 2.75) is 23.9 Å². The minimum absolute atomic E-state index is 0.112. The number of rotatable bonds is 9.